The fraction of sp³-hybridized carbons (Fsp3) is 0.600. The van der Waals surface area contributed by atoms with Crippen LogP contribution in [-0.2, 0) is 6.54 Å². The predicted molar refractivity (Wildman–Crippen MR) is 80.9 cm³/mol. The molecule has 1 aromatic heterocycles. The molecule has 0 amide bonds. The molecule has 2 aromatic rings. The number of nitrogens with zero attached hydrogens (tertiary/aromatic N) is 3. The number of ether oxygens (including phenoxy) is 2. The summed E-state index contributed by atoms with van der Waals surface area (Å²) in [5.74, 6) is 1.40. The number of benzene rings is 1. The Balaban J connectivity index is 1.78. The molecule has 6 heteroatoms. The summed E-state index contributed by atoms with van der Waals surface area (Å²) in [5, 5.41) is 12.0. The van der Waals surface area contributed by atoms with E-state index in [0.717, 1.165) is 30.5 Å². The van der Waals surface area contributed by atoms with Gasteiger partial charge in [-0.25, -0.2) is 4.68 Å². The maximum atomic E-state index is 5.36. The van der Waals surface area contributed by atoms with Crippen molar-refractivity contribution in [2.24, 2.45) is 0 Å². The molecule has 0 bridgehead atoms. The van der Waals surface area contributed by atoms with Crippen molar-refractivity contribution >= 4 is 11.0 Å². The lowest BCUT2D eigenvalue weighted by Gasteiger charge is -2.23. The van der Waals surface area contributed by atoms with Gasteiger partial charge in [0.2, 0.25) is 0 Å². The molecule has 21 heavy (non-hydrogen) atoms. The summed E-state index contributed by atoms with van der Waals surface area (Å²) in [6.45, 7) is 2.00. The van der Waals surface area contributed by atoms with Gasteiger partial charge in [0.05, 0.1) is 19.7 Å². The van der Waals surface area contributed by atoms with Gasteiger partial charge in [-0.1, -0.05) is 11.6 Å². The van der Waals surface area contributed by atoms with Crippen LogP contribution in [0.15, 0.2) is 12.1 Å². The van der Waals surface area contributed by atoms with E-state index in [1.807, 2.05) is 16.8 Å². The van der Waals surface area contributed by atoms with E-state index in [0.29, 0.717) is 17.5 Å². The van der Waals surface area contributed by atoms with Crippen LogP contribution in [0.4, 0.5) is 0 Å². The smallest absolute Gasteiger partial charge is 0.163 e. The zero-order chi connectivity index (χ0) is 14.7. The second kappa shape index (κ2) is 6.30. The summed E-state index contributed by atoms with van der Waals surface area (Å²) in [6, 6.07) is 4.41. The van der Waals surface area contributed by atoms with Crippen molar-refractivity contribution in [1.29, 1.82) is 0 Å². The van der Waals surface area contributed by atoms with Crippen LogP contribution in [0.2, 0.25) is 0 Å². The van der Waals surface area contributed by atoms with Crippen molar-refractivity contribution in [3.63, 3.8) is 0 Å². The maximum absolute atomic E-state index is 5.36. The number of hydrogen-bond donors (Lipinski definition) is 1. The average Bonchev–Trinajstić information content (AvgIpc) is 2.94. The first-order valence-corrected chi connectivity index (χ1v) is 7.50. The highest BCUT2D eigenvalue weighted by Crippen LogP contribution is 2.31. The highest BCUT2D eigenvalue weighted by atomic mass is 16.5. The highest BCUT2D eigenvalue weighted by molar-refractivity contribution is 5.79. The minimum absolute atomic E-state index is 0.596. The molecule has 1 atom stereocenters. The molecule has 1 unspecified atom stereocenters. The molecule has 1 aliphatic heterocycles. The molecule has 0 saturated carbocycles. The van der Waals surface area contributed by atoms with Crippen molar-refractivity contribution < 1.29 is 9.47 Å². The highest BCUT2D eigenvalue weighted by Gasteiger charge is 2.15. The number of methoxy groups -OCH3 is 2. The molecule has 1 fully saturated rings. The second-order valence-electron chi connectivity index (χ2n) is 5.44. The number of hydrogen-bond acceptors (Lipinski definition) is 5. The van der Waals surface area contributed by atoms with E-state index in [4.69, 9.17) is 9.47 Å². The van der Waals surface area contributed by atoms with Crippen LogP contribution in [0.3, 0.4) is 0 Å². The number of aromatic nitrogens is 3. The molecular formula is C15H22N4O2. The summed E-state index contributed by atoms with van der Waals surface area (Å²) in [7, 11) is 3.27. The van der Waals surface area contributed by atoms with Crippen LogP contribution in [0, 0.1) is 0 Å². The summed E-state index contributed by atoms with van der Waals surface area (Å²) >= 11 is 0. The zero-order valence-corrected chi connectivity index (χ0v) is 12.6. The fourth-order valence-electron chi connectivity index (χ4n) is 2.91. The van der Waals surface area contributed by atoms with E-state index in [2.05, 4.69) is 15.6 Å². The fourth-order valence-corrected chi connectivity index (χ4v) is 2.91. The van der Waals surface area contributed by atoms with Gasteiger partial charge in [-0.3, -0.25) is 0 Å². The van der Waals surface area contributed by atoms with Crippen molar-refractivity contribution in [2.75, 3.05) is 20.8 Å². The number of nitrogens with one attached hydrogen (secondary N) is 1. The molecule has 1 aliphatic rings. The Morgan fingerprint density at radius 3 is 2.76 bits per heavy atom. The van der Waals surface area contributed by atoms with Crippen molar-refractivity contribution in [3.05, 3.63) is 12.1 Å². The van der Waals surface area contributed by atoms with Crippen LogP contribution >= 0.6 is 0 Å². The Hall–Kier alpha value is -1.82. The summed E-state index contributed by atoms with van der Waals surface area (Å²) < 4.78 is 12.6. The third kappa shape index (κ3) is 2.95. The van der Waals surface area contributed by atoms with E-state index in [9.17, 15) is 0 Å². The molecule has 1 aromatic carbocycles. The van der Waals surface area contributed by atoms with Crippen LogP contribution < -0.4 is 14.8 Å². The largest absolute Gasteiger partial charge is 0.493 e. The minimum atomic E-state index is 0.596. The molecule has 1 N–H and O–H groups in total. The SMILES string of the molecule is COc1cc2nnn(CCC3CCCCN3)c2cc1OC. The Bertz CT molecular complexity index is 605. The van der Waals surface area contributed by atoms with Gasteiger partial charge < -0.3 is 14.8 Å². The first-order chi connectivity index (χ1) is 10.3. The third-order valence-corrected chi connectivity index (χ3v) is 4.12. The molecule has 3 rings (SSSR count). The molecule has 0 spiro atoms. The maximum Gasteiger partial charge on any atom is 0.163 e. The lowest BCUT2D eigenvalue weighted by Crippen LogP contribution is -2.34. The van der Waals surface area contributed by atoms with E-state index < -0.39 is 0 Å². The Morgan fingerprint density at radius 2 is 2.05 bits per heavy atom. The van der Waals surface area contributed by atoms with Crippen molar-refractivity contribution in [3.8, 4) is 11.5 Å². The summed E-state index contributed by atoms with van der Waals surface area (Å²) in [4.78, 5) is 0. The van der Waals surface area contributed by atoms with E-state index >= 15 is 0 Å². The van der Waals surface area contributed by atoms with Crippen LogP contribution in [0.1, 0.15) is 25.7 Å². The van der Waals surface area contributed by atoms with Gasteiger partial charge >= 0.3 is 0 Å². The van der Waals surface area contributed by atoms with Crippen LogP contribution in [0.5, 0.6) is 11.5 Å². The van der Waals surface area contributed by atoms with Crippen LogP contribution in [0.25, 0.3) is 11.0 Å². The normalized spacial score (nSPS) is 18.9. The van der Waals surface area contributed by atoms with Gasteiger partial charge in [0, 0.05) is 24.7 Å². The Labute approximate surface area is 124 Å². The first kappa shape index (κ1) is 14.1. The number of fused-ring (bicyclic) bond motifs is 1. The molecule has 114 valence electrons. The zero-order valence-electron chi connectivity index (χ0n) is 12.6. The van der Waals surface area contributed by atoms with Gasteiger partial charge in [-0.05, 0) is 25.8 Å². The molecule has 0 radical (unpaired) electrons. The average molecular weight is 290 g/mol. The standard InChI is InChI=1S/C15H22N4O2/c1-20-14-9-12-13(10-15(14)21-2)19(18-17-12)8-6-11-5-3-4-7-16-11/h9-11,16H,3-8H2,1-2H3. The molecule has 6 nitrogen and oxygen atoms in total. The molecule has 0 aliphatic carbocycles. The summed E-state index contributed by atoms with van der Waals surface area (Å²) in [5.41, 5.74) is 1.83. The quantitative estimate of drug-likeness (QED) is 0.912. The Morgan fingerprint density at radius 1 is 1.24 bits per heavy atom. The molecule has 1 saturated heterocycles. The Kier molecular flexibility index (Phi) is 4.24. The van der Waals surface area contributed by atoms with Gasteiger partial charge in [0.15, 0.2) is 11.5 Å². The van der Waals surface area contributed by atoms with Gasteiger partial charge in [-0.2, -0.15) is 0 Å². The topological polar surface area (TPSA) is 61.2 Å². The predicted octanol–water partition coefficient (Wildman–Crippen LogP) is 1.98. The van der Waals surface area contributed by atoms with Crippen molar-refractivity contribution in [1.82, 2.24) is 20.3 Å². The lowest BCUT2D eigenvalue weighted by molar-refractivity contribution is 0.354. The van der Waals surface area contributed by atoms with Crippen molar-refractivity contribution in [2.45, 2.75) is 38.3 Å². The van der Waals surface area contributed by atoms with E-state index in [1.54, 1.807) is 14.2 Å². The number of aryl methyl sites for hydroxylation is 1. The molecular weight excluding hydrogens is 268 g/mol. The van der Waals surface area contributed by atoms with Crippen LogP contribution in [-0.4, -0.2) is 41.8 Å². The molecule has 2 heterocycles. The lowest BCUT2D eigenvalue weighted by atomic mass is 10.0. The monoisotopic (exact) mass is 290 g/mol. The second-order valence-corrected chi connectivity index (χ2v) is 5.44. The van der Waals surface area contributed by atoms with Gasteiger partial charge in [-0.15, -0.1) is 5.10 Å². The number of piperidine rings is 1. The van der Waals surface area contributed by atoms with E-state index in [1.165, 1.54) is 19.3 Å². The van der Waals surface area contributed by atoms with E-state index in [-0.39, 0.29) is 0 Å². The summed E-state index contributed by atoms with van der Waals surface area (Å²) in [6.07, 6.45) is 4.94. The number of rotatable bonds is 5. The first-order valence-electron chi connectivity index (χ1n) is 7.50. The minimum Gasteiger partial charge on any atom is -0.493 e. The van der Waals surface area contributed by atoms with Gasteiger partial charge in [0.1, 0.15) is 5.52 Å². The third-order valence-electron chi connectivity index (χ3n) is 4.12. The van der Waals surface area contributed by atoms with Gasteiger partial charge in [0.25, 0.3) is 0 Å².